The van der Waals surface area contributed by atoms with E-state index < -0.39 is 5.91 Å². The predicted molar refractivity (Wildman–Crippen MR) is 45.5 cm³/mol. The number of carbonyl (C=O) groups excluding carboxylic acids is 1. The van der Waals surface area contributed by atoms with Crippen molar-refractivity contribution in [2.24, 2.45) is 11.3 Å². The first-order valence-corrected chi connectivity index (χ1v) is 3.54. The molecule has 0 heterocycles. The van der Waals surface area contributed by atoms with Gasteiger partial charge in [-0.1, -0.05) is 26.8 Å². The van der Waals surface area contributed by atoms with Crippen molar-refractivity contribution in [3.05, 3.63) is 11.6 Å². The number of nitrogens with one attached hydrogen (secondary N) is 1. The maximum Gasteiger partial charge on any atom is 0.275 e. The number of nitriles is 1. The van der Waals surface area contributed by atoms with Crippen molar-refractivity contribution < 1.29 is 4.79 Å². The van der Waals surface area contributed by atoms with Crippen LogP contribution < -0.4 is 11.3 Å². The van der Waals surface area contributed by atoms with E-state index in [1.807, 2.05) is 26.2 Å². The minimum absolute atomic E-state index is 0.0463. The van der Waals surface area contributed by atoms with E-state index in [0.29, 0.717) is 0 Å². The Kier molecular flexibility index (Phi) is 3.45. The van der Waals surface area contributed by atoms with E-state index in [0.717, 1.165) is 0 Å². The van der Waals surface area contributed by atoms with E-state index >= 15 is 0 Å². The molecule has 12 heavy (non-hydrogen) atoms. The molecule has 0 unspecified atom stereocenters. The second-order valence-electron chi connectivity index (χ2n) is 3.51. The van der Waals surface area contributed by atoms with Crippen LogP contribution in [0, 0.1) is 16.7 Å². The van der Waals surface area contributed by atoms with Crippen LogP contribution in [0.4, 0.5) is 0 Å². The average Bonchev–Trinajstić information content (AvgIpc) is 1.97. The fraction of sp³-hybridized carbons (Fsp3) is 0.500. The van der Waals surface area contributed by atoms with Crippen molar-refractivity contribution in [2.75, 3.05) is 0 Å². The summed E-state index contributed by atoms with van der Waals surface area (Å²) in [6.45, 7) is 5.69. The van der Waals surface area contributed by atoms with Crippen molar-refractivity contribution in [3.8, 4) is 6.07 Å². The van der Waals surface area contributed by atoms with Crippen molar-refractivity contribution in [3.63, 3.8) is 0 Å². The molecule has 0 radical (unpaired) electrons. The summed E-state index contributed by atoms with van der Waals surface area (Å²) in [5, 5.41) is 8.56. The van der Waals surface area contributed by atoms with Crippen LogP contribution in [0.15, 0.2) is 11.6 Å². The maximum absolute atomic E-state index is 10.9. The zero-order chi connectivity index (χ0) is 9.78. The highest BCUT2D eigenvalue weighted by atomic mass is 16.2. The van der Waals surface area contributed by atoms with E-state index in [-0.39, 0.29) is 11.0 Å². The standard InChI is InChI=1S/C8H13N3O/c1-8(2,3)4-6(5-9)7(12)11-10/h4H,10H2,1-3H3,(H,11,12)/b6-4+. The van der Waals surface area contributed by atoms with Crippen LogP contribution in [0.2, 0.25) is 0 Å². The number of rotatable bonds is 1. The lowest BCUT2D eigenvalue weighted by molar-refractivity contribution is -0.117. The van der Waals surface area contributed by atoms with Gasteiger partial charge in [0.2, 0.25) is 0 Å². The summed E-state index contributed by atoms with van der Waals surface area (Å²) >= 11 is 0. The fourth-order valence-electron chi connectivity index (χ4n) is 0.659. The Morgan fingerprint density at radius 2 is 2.08 bits per heavy atom. The lowest BCUT2D eigenvalue weighted by Gasteiger charge is -2.11. The van der Waals surface area contributed by atoms with Crippen molar-refractivity contribution in [1.29, 1.82) is 5.26 Å². The molecule has 0 saturated carbocycles. The molecule has 3 N–H and O–H groups in total. The number of hydrogen-bond donors (Lipinski definition) is 2. The van der Waals surface area contributed by atoms with Gasteiger partial charge in [0, 0.05) is 0 Å². The molecule has 0 aromatic carbocycles. The number of nitrogens with two attached hydrogens (primary N) is 1. The highest BCUT2D eigenvalue weighted by Crippen LogP contribution is 2.17. The van der Waals surface area contributed by atoms with Gasteiger partial charge < -0.3 is 0 Å². The molecule has 4 heteroatoms. The number of allylic oxidation sites excluding steroid dienone is 1. The van der Waals surface area contributed by atoms with Gasteiger partial charge in [-0.2, -0.15) is 5.26 Å². The summed E-state index contributed by atoms with van der Waals surface area (Å²) in [4.78, 5) is 10.9. The van der Waals surface area contributed by atoms with E-state index in [4.69, 9.17) is 11.1 Å². The summed E-state index contributed by atoms with van der Waals surface area (Å²) in [5.74, 6) is 4.33. The van der Waals surface area contributed by atoms with E-state index in [1.165, 1.54) is 0 Å². The molecule has 1 amide bonds. The molecule has 66 valence electrons. The van der Waals surface area contributed by atoms with Crippen LogP contribution in [0.3, 0.4) is 0 Å². The largest absolute Gasteiger partial charge is 0.290 e. The topological polar surface area (TPSA) is 78.9 Å². The lowest BCUT2D eigenvalue weighted by Crippen LogP contribution is -2.31. The Morgan fingerprint density at radius 3 is 2.33 bits per heavy atom. The molecule has 0 aliphatic heterocycles. The first-order chi connectivity index (χ1) is 5.40. The zero-order valence-corrected chi connectivity index (χ0v) is 7.51. The van der Waals surface area contributed by atoms with Crippen LogP contribution in [-0.2, 0) is 4.79 Å². The third kappa shape index (κ3) is 3.74. The molecule has 0 aliphatic carbocycles. The first kappa shape index (κ1) is 10.7. The first-order valence-electron chi connectivity index (χ1n) is 3.54. The SMILES string of the molecule is CC(C)(C)/C=C(\C#N)C(=O)NN. The quantitative estimate of drug-likeness (QED) is 0.196. The molecule has 0 saturated heterocycles. The Balaban J connectivity index is 4.71. The molecule has 0 aliphatic rings. The number of nitrogens with zero attached hydrogens (tertiary/aromatic N) is 1. The molecule has 0 rings (SSSR count). The molecule has 0 spiro atoms. The highest BCUT2D eigenvalue weighted by molar-refractivity contribution is 5.96. The minimum Gasteiger partial charge on any atom is -0.290 e. The molecule has 0 aromatic rings. The summed E-state index contributed by atoms with van der Waals surface area (Å²) in [7, 11) is 0. The van der Waals surface area contributed by atoms with Crippen molar-refractivity contribution in [2.45, 2.75) is 20.8 Å². The van der Waals surface area contributed by atoms with Gasteiger partial charge in [0.05, 0.1) is 0 Å². The molecular weight excluding hydrogens is 154 g/mol. The van der Waals surface area contributed by atoms with Gasteiger partial charge in [0.1, 0.15) is 11.6 Å². The van der Waals surface area contributed by atoms with Crippen molar-refractivity contribution >= 4 is 5.91 Å². The van der Waals surface area contributed by atoms with Gasteiger partial charge in [-0.3, -0.25) is 10.2 Å². The normalized spacial score (nSPS) is 12.1. The fourth-order valence-corrected chi connectivity index (χ4v) is 0.659. The smallest absolute Gasteiger partial charge is 0.275 e. The predicted octanol–water partition coefficient (Wildman–Crippen LogP) is 0.472. The molecule has 0 aromatic heterocycles. The minimum atomic E-state index is -0.549. The van der Waals surface area contributed by atoms with Crippen LogP contribution in [0.1, 0.15) is 20.8 Å². The van der Waals surface area contributed by atoms with Crippen LogP contribution in [-0.4, -0.2) is 5.91 Å². The second kappa shape index (κ2) is 3.88. The number of hydrogen-bond acceptors (Lipinski definition) is 3. The number of carbonyl (C=O) groups is 1. The lowest BCUT2D eigenvalue weighted by atomic mass is 9.93. The number of amides is 1. The Bertz CT molecular complexity index is 242. The summed E-state index contributed by atoms with van der Waals surface area (Å²) < 4.78 is 0. The van der Waals surface area contributed by atoms with E-state index in [9.17, 15) is 4.79 Å². The van der Waals surface area contributed by atoms with Gasteiger partial charge in [-0.25, -0.2) is 5.84 Å². The molecule has 0 fully saturated rings. The van der Waals surface area contributed by atoms with Crippen LogP contribution in [0.25, 0.3) is 0 Å². The van der Waals surface area contributed by atoms with Crippen LogP contribution in [0.5, 0.6) is 0 Å². The monoisotopic (exact) mass is 167 g/mol. The Hall–Kier alpha value is -1.34. The van der Waals surface area contributed by atoms with Gasteiger partial charge in [0.25, 0.3) is 5.91 Å². The molecule has 0 atom stereocenters. The maximum atomic E-state index is 10.9. The number of hydrazine groups is 1. The Labute approximate surface area is 72.0 Å². The zero-order valence-electron chi connectivity index (χ0n) is 7.51. The van der Waals surface area contributed by atoms with Crippen molar-refractivity contribution in [1.82, 2.24) is 5.43 Å². The van der Waals surface area contributed by atoms with Gasteiger partial charge in [0.15, 0.2) is 0 Å². The summed E-state index contributed by atoms with van der Waals surface area (Å²) in [5.41, 5.74) is 1.76. The molecule has 0 bridgehead atoms. The second-order valence-corrected chi connectivity index (χ2v) is 3.51. The highest BCUT2D eigenvalue weighted by Gasteiger charge is 2.12. The van der Waals surface area contributed by atoms with Crippen LogP contribution >= 0.6 is 0 Å². The van der Waals surface area contributed by atoms with Gasteiger partial charge in [-0.15, -0.1) is 0 Å². The van der Waals surface area contributed by atoms with E-state index in [1.54, 1.807) is 12.1 Å². The van der Waals surface area contributed by atoms with Gasteiger partial charge >= 0.3 is 0 Å². The Morgan fingerprint density at radius 1 is 1.58 bits per heavy atom. The summed E-state index contributed by atoms with van der Waals surface area (Å²) in [6, 6.07) is 1.78. The molecule has 4 nitrogen and oxygen atoms in total. The third-order valence-corrected chi connectivity index (χ3v) is 1.07. The average molecular weight is 167 g/mol. The third-order valence-electron chi connectivity index (χ3n) is 1.07. The molecular formula is C8H13N3O. The van der Waals surface area contributed by atoms with Gasteiger partial charge in [-0.05, 0) is 5.41 Å². The summed E-state index contributed by atoms with van der Waals surface area (Å²) in [6.07, 6.45) is 1.58. The van der Waals surface area contributed by atoms with E-state index in [2.05, 4.69) is 0 Å².